The van der Waals surface area contributed by atoms with Crippen LogP contribution in [0, 0.1) is 5.92 Å². The summed E-state index contributed by atoms with van der Waals surface area (Å²) in [6, 6.07) is -0.607. The van der Waals surface area contributed by atoms with Crippen molar-refractivity contribution in [2.45, 2.75) is 52.6 Å². The van der Waals surface area contributed by atoms with E-state index in [1.54, 1.807) is 13.8 Å². The summed E-state index contributed by atoms with van der Waals surface area (Å²) in [4.78, 5) is 26.4. The molecular formula is C14H26N2O4S. The molecule has 0 aromatic rings. The highest BCUT2D eigenvalue weighted by Gasteiger charge is 2.47. The van der Waals surface area contributed by atoms with Crippen LogP contribution in [-0.2, 0) is 19.4 Å². The van der Waals surface area contributed by atoms with Gasteiger partial charge in [0.2, 0.25) is 11.8 Å². The fourth-order valence-corrected chi connectivity index (χ4v) is 3.27. The molecule has 1 fully saturated rings. The Morgan fingerprint density at radius 1 is 1.29 bits per heavy atom. The number of sulfone groups is 1. The molecule has 21 heavy (non-hydrogen) atoms. The van der Waals surface area contributed by atoms with Crippen LogP contribution in [0.2, 0.25) is 0 Å². The van der Waals surface area contributed by atoms with E-state index in [1.807, 2.05) is 20.8 Å². The minimum absolute atomic E-state index is 0.0403. The number of piperazine rings is 1. The second-order valence-corrected chi connectivity index (χ2v) is 8.57. The van der Waals surface area contributed by atoms with Gasteiger partial charge in [-0.05, 0) is 19.3 Å². The predicted molar refractivity (Wildman–Crippen MR) is 81.5 cm³/mol. The van der Waals surface area contributed by atoms with Crippen LogP contribution in [0.1, 0.15) is 41.0 Å². The van der Waals surface area contributed by atoms with Gasteiger partial charge in [-0.1, -0.05) is 27.7 Å². The molecule has 1 rings (SSSR count). The molecule has 6 nitrogen and oxygen atoms in total. The number of nitrogens with zero attached hydrogens (tertiary/aromatic N) is 1. The summed E-state index contributed by atoms with van der Waals surface area (Å²) in [7, 11) is -3.18. The van der Waals surface area contributed by atoms with Crippen LogP contribution in [0.3, 0.4) is 0 Å². The standard InChI is InChI=1S/C14H26N2O4S/c1-6-14(5)13(18)16(8-9-21(19,20)7-2)11(10(3)4)12(17)15-14/h10-11H,6-9H2,1-5H3,(H,15,17). The third-order valence-electron chi connectivity index (χ3n) is 4.16. The van der Waals surface area contributed by atoms with E-state index in [2.05, 4.69) is 5.32 Å². The van der Waals surface area contributed by atoms with E-state index < -0.39 is 21.4 Å². The van der Waals surface area contributed by atoms with Crippen molar-refractivity contribution in [2.75, 3.05) is 18.1 Å². The molecule has 2 amide bonds. The highest BCUT2D eigenvalue weighted by atomic mass is 32.2. The molecule has 0 saturated carbocycles. The number of rotatable bonds is 6. The molecule has 1 aliphatic rings. The van der Waals surface area contributed by atoms with Crippen LogP contribution in [0.15, 0.2) is 0 Å². The molecule has 1 N–H and O–H groups in total. The smallest absolute Gasteiger partial charge is 0.248 e. The molecule has 0 spiro atoms. The summed E-state index contributed by atoms with van der Waals surface area (Å²) in [6.07, 6.45) is 0.472. The molecule has 0 aromatic heterocycles. The lowest BCUT2D eigenvalue weighted by atomic mass is 9.88. The number of carbonyl (C=O) groups is 2. The van der Waals surface area contributed by atoms with Gasteiger partial charge in [-0.3, -0.25) is 9.59 Å². The highest BCUT2D eigenvalue weighted by Crippen LogP contribution is 2.25. The Kier molecular flexibility index (Phi) is 5.41. The summed E-state index contributed by atoms with van der Waals surface area (Å²) >= 11 is 0. The topological polar surface area (TPSA) is 83.6 Å². The van der Waals surface area contributed by atoms with Crippen molar-refractivity contribution in [3.63, 3.8) is 0 Å². The maximum absolute atomic E-state index is 12.7. The van der Waals surface area contributed by atoms with E-state index in [4.69, 9.17) is 0 Å². The molecule has 2 atom stereocenters. The van der Waals surface area contributed by atoms with Gasteiger partial charge in [0.15, 0.2) is 9.84 Å². The average molecular weight is 318 g/mol. The molecule has 0 radical (unpaired) electrons. The first-order chi connectivity index (χ1) is 9.58. The van der Waals surface area contributed by atoms with Gasteiger partial charge in [-0.15, -0.1) is 0 Å². The number of carbonyl (C=O) groups excluding carboxylic acids is 2. The predicted octanol–water partition coefficient (Wildman–Crippen LogP) is 0.573. The summed E-state index contributed by atoms with van der Waals surface area (Å²) in [5.41, 5.74) is -0.946. The lowest BCUT2D eigenvalue weighted by Gasteiger charge is -2.45. The molecule has 1 aliphatic heterocycles. The maximum Gasteiger partial charge on any atom is 0.248 e. The zero-order valence-corrected chi connectivity index (χ0v) is 14.3. The Morgan fingerprint density at radius 3 is 2.29 bits per heavy atom. The van der Waals surface area contributed by atoms with Crippen molar-refractivity contribution in [1.82, 2.24) is 10.2 Å². The Morgan fingerprint density at radius 2 is 1.86 bits per heavy atom. The van der Waals surface area contributed by atoms with Gasteiger partial charge in [-0.25, -0.2) is 8.42 Å². The third-order valence-corrected chi connectivity index (χ3v) is 5.84. The number of nitrogens with one attached hydrogen (secondary N) is 1. The van der Waals surface area contributed by atoms with E-state index in [0.717, 1.165) is 0 Å². The lowest BCUT2D eigenvalue weighted by Crippen LogP contribution is -2.70. The van der Waals surface area contributed by atoms with E-state index in [-0.39, 0.29) is 35.8 Å². The van der Waals surface area contributed by atoms with Gasteiger partial charge in [0.1, 0.15) is 11.6 Å². The number of hydrogen-bond acceptors (Lipinski definition) is 4. The summed E-state index contributed by atoms with van der Waals surface area (Å²) < 4.78 is 23.4. The average Bonchev–Trinajstić information content (AvgIpc) is 2.40. The monoisotopic (exact) mass is 318 g/mol. The summed E-state index contributed by atoms with van der Waals surface area (Å²) in [5, 5.41) is 2.79. The normalized spacial score (nSPS) is 27.1. The Labute approximate surface area is 127 Å². The van der Waals surface area contributed by atoms with Crippen molar-refractivity contribution in [1.29, 1.82) is 0 Å². The molecule has 0 aliphatic carbocycles. The van der Waals surface area contributed by atoms with Crippen LogP contribution >= 0.6 is 0 Å². The van der Waals surface area contributed by atoms with Gasteiger partial charge in [0, 0.05) is 12.3 Å². The fraction of sp³-hybridized carbons (Fsp3) is 0.857. The summed E-state index contributed by atoms with van der Waals surface area (Å²) in [6.45, 7) is 8.87. The van der Waals surface area contributed by atoms with Crippen LogP contribution < -0.4 is 5.32 Å². The Hall–Kier alpha value is -1.11. The van der Waals surface area contributed by atoms with E-state index in [0.29, 0.717) is 6.42 Å². The van der Waals surface area contributed by atoms with Crippen molar-refractivity contribution >= 4 is 21.7 Å². The minimum Gasteiger partial charge on any atom is -0.340 e. The van der Waals surface area contributed by atoms with E-state index in [1.165, 1.54) is 4.90 Å². The molecule has 1 saturated heterocycles. The zero-order valence-electron chi connectivity index (χ0n) is 13.5. The van der Waals surface area contributed by atoms with Gasteiger partial charge in [0.05, 0.1) is 5.75 Å². The maximum atomic E-state index is 12.7. The van der Waals surface area contributed by atoms with Crippen LogP contribution in [0.4, 0.5) is 0 Å². The molecule has 0 bridgehead atoms. The minimum atomic E-state index is -3.18. The number of hydrogen-bond donors (Lipinski definition) is 1. The van der Waals surface area contributed by atoms with E-state index in [9.17, 15) is 18.0 Å². The molecule has 2 unspecified atom stereocenters. The first-order valence-electron chi connectivity index (χ1n) is 7.41. The van der Waals surface area contributed by atoms with Crippen LogP contribution in [-0.4, -0.2) is 54.8 Å². The van der Waals surface area contributed by atoms with E-state index >= 15 is 0 Å². The van der Waals surface area contributed by atoms with Gasteiger partial charge in [-0.2, -0.15) is 0 Å². The third kappa shape index (κ3) is 3.75. The van der Waals surface area contributed by atoms with Gasteiger partial charge < -0.3 is 10.2 Å². The molecule has 0 aromatic carbocycles. The molecule has 7 heteroatoms. The Bertz CT molecular complexity index is 515. The zero-order chi connectivity index (χ0) is 16.4. The van der Waals surface area contributed by atoms with Crippen molar-refractivity contribution in [2.24, 2.45) is 5.92 Å². The second-order valence-electron chi connectivity index (χ2n) is 6.10. The van der Waals surface area contributed by atoms with Crippen molar-refractivity contribution in [3.05, 3.63) is 0 Å². The fourth-order valence-electron chi connectivity index (χ4n) is 2.51. The largest absolute Gasteiger partial charge is 0.340 e. The highest BCUT2D eigenvalue weighted by molar-refractivity contribution is 7.91. The first-order valence-corrected chi connectivity index (χ1v) is 9.23. The Balaban J connectivity index is 3.07. The quantitative estimate of drug-likeness (QED) is 0.776. The molecular weight excluding hydrogens is 292 g/mol. The van der Waals surface area contributed by atoms with Gasteiger partial charge in [0.25, 0.3) is 0 Å². The number of amides is 2. The van der Waals surface area contributed by atoms with Crippen molar-refractivity contribution in [3.8, 4) is 0 Å². The second kappa shape index (κ2) is 6.34. The van der Waals surface area contributed by atoms with Crippen LogP contribution in [0.5, 0.6) is 0 Å². The lowest BCUT2D eigenvalue weighted by molar-refractivity contribution is -0.155. The molecule has 1 heterocycles. The first kappa shape index (κ1) is 17.9. The molecule has 122 valence electrons. The van der Waals surface area contributed by atoms with Crippen LogP contribution in [0.25, 0.3) is 0 Å². The van der Waals surface area contributed by atoms with Gasteiger partial charge >= 0.3 is 0 Å². The SMILES string of the molecule is CCC1(C)NC(=O)C(C(C)C)N(CCS(=O)(=O)CC)C1=O. The van der Waals surface area contributed by atoms with Crippen molar-refractivity contribution < 1.29 is 18.0 Å². The summed E-state index contributed by atoms with van der Waals surface area (Å²) in [5.74, 6) is -0.540.